The summed E-state index contributed by atoms with van der Waals surface area (Å²) in [6.45, 7) is 7.02. The molecule has 0 aliphatic heterocycles. The van der Waals surface area contributed by atoms with Crippen LogP contribution in [0.1, 0.15) is 118 Å². The number of carboxylic acids is 1. The number of rotatable bonds is 46. The molecule has 20 heteroatoms. The average molecular weight is 1180 g/mol. The van der Waals surface area contributed by atoms with E-state index in [1.807, 2.05) is 31.2 Å². The van der Waals surface area contributed by atoms with Crippen LogP contribution < -0.4 is 5.73 Å². The Bertz CT molecular complexity index is 2260. The Morgan fingerprint density at radius 2 is 0.963 bits per heavy atom. The van der Waals surface area contributed by atoms with Crippen LogP contribution in [0.2, 0.25) is 0 Å². The van der Waals surface area contributed by atoms with Crippen molar-refractivity contribution in [1.82, 2.24) is 0 Å². The fourth-order valence-corrected chi connectivity index (χ4v) is 8.45. The first-order valence-electron chi connectivity index (χ1n) is 28.0. The third-order valence-corrected chi connectivity index (χ3v) is 13.3. The monoisotopic (exact) mass is 1180 g/mol. The molecular weight excluding hydrogens is 1080 g/mol. The van der Waals surface area contributed by atoms with Crippen LogP contribution in [0, 0.1) is 17.8 Å². The maximum absolute atomic E-state index is 13.0. The maximum Gasteiger partial charge on any atom is 0.397 e. The summed E-state index contributed by atoms with van der Waals surface area (Å²) in [5, 5.41) is 123. The van der Waals surface area contributed by atoms with Crippen molar-refractivity contribution in [3.63, 3.8) is 0 Å². The third kappa shape index (κ3) is 42.9. The number of hydrogen-bond acceptors (Lipinski definition) is 17. The summed E-state index contributed by atoms with van der Waals surface area (Å²) in [5.74, 6) is -3.24. The molecule has 0 saturated heterocycles. The number of carboxylic acid groups (broad SMARTS) is 1. The van der Waals surface area contributed by atoms with Crippen LogP contribution in [0.5, 0.6) is 0 Å². The lowest BCUT2D eigenvalue weighted by atomic mass is 9.88. The summed E-state index contributed by atoms with van der Waals surface area (Å²) < 4.78 is 37.4. The van der Waals surface area contributed by atoms with Gasteiger partial charge in [-0.3, -0.25) is 9.35 Å². The molecule has 0 aliphatic carbocycles. The van der Waals surface area contributed by atoms with Crippen molar-refractivity contribution in [1.29, 1.82) is 0 Å². The van der Waals surface area contributed by atoms with Gasteiger partial charge in [-0.25, -0.2) is 8.98 Å². The van der Waals surface area contributed by atoms with Crippen molar-refractivity contribution in [2.45, 2.75) is 191 Å². The van der Waals surface area contributed by atoms with Gasteiger partial charge >= 0.3 is 16.4 Å². The van der Waals surface area contributed by atoms with E-state index < -0.39 is 114 Å². The van der Waals surface area contributed by atoms with Gasteiger partial charge in [0.25, 0.3) is 0 Å². The summed E-state index contributed by atoms with van der Waals surface area (Å²) in [6.07, 6.45) is 31.6. The number of nitrogens with two attached hydrogens (primary N) is 1. The predicted molar refractivity (Wildman–Crippen MR) is 320 cm³/mol. The topological polar surface area (TPSA) is 367 Å². The van der Waals surface area contributed by atoms with Crippen molar-refractivity contribution in [2.75, 3.05) is 6.54 Å². The number of ketones is 1. The highest BCUT2D eigenvalue weighted by atomic mass is 32.3. The Labute approximate surface area is 486 Å². The quantitative estimate of drug-likeness (QED) is 0.0113. The molecule has 0 aromatic rings. The second-order valence-corrected chi connectivity index (χ2v) is 21.6. The lowest BCUT2D eigenvalue weighted by molar-refractivity contribution is -0.132. The van der Waals surface area contributed by atoms with Crippen molar-refractivity contribution in [2.24, 2.45) is 23.5 Å². The molecule has 82 heavy (non-hydrogen) atoms. The maximum atomic E-state index is 13.0. The van der Waals surface area contributed by atoms with Crippen LogP contribution in [0.25, 0.3) is 0 Å². The number of Topliss-reactive ketones (excluding diaryl/α,β-unsaturated/α-hetero) is 1. The van der Waals surface area contributed by atoms with Gasteiger partial charge in [-0.05, 0) is 77.7 Å². The average Bonchev–Trinajstić information content (AvgIpc) is 3.42. The molecule has 15 unspecified atom stereocenters. The minimum Gasteiger partial charge on any atom is -0.478 e. The molecular formula is C62H97NO18S. The molecule has 19 nitrogen and oxygen atoms in total. The Morgan fingerprint density at radius 1 is 0.512 bits per heavy atom. The summed E-state index contributed by atoms with van der Waals surface area (Å²) in [5.41, 5.74) is 5.68. The van der Waals surface area contributed by atoms with Crippen molar-refractivity contribution >= 4 is 22.2 Å². The van der Waals surface area contributed by atoms with E-state index in [1.165, 1.54) is 56.4 Å². The highest BCUT2D eigenvalue weighted by molar-refractivity contribution is 7.80. The van der Waals surface area contributed by atoms with E-state index in [0.29, 0.717) is 19.4 Å². The van der Waals surface area contributed by atoms with Crippen molar-refractivity contribution in [3.05, 3.63) is 157 Å². The van der Waals surface area contributed by atoms with Gasteiger partial charge in [-0.15, -0.1) is 0 Å². The summed E-state index contributed by atoms with van der Waals surface area (Å²) in [4.78, 5) is 23.8. The van der Waals surface area contributed by atoms with Crippen LogP contribution in [-0.4, -0.2) is 166 Å². The van der Waals surface area contributed by atoms with E-state index in [4.69, 9.17) is 15.0 Å². The van der Waals surface area contributed by atoms with Gasteiger partial charge in [0.05, 0.1) is 73.2 Å². The fraction of sp³-hybridized carbons (Fsp3) is 0.548. The molecule has 0 amide bonds. The smallest absolute Gasteiger partial charge is 0.397 e. The molecule has 0 aromatic heterocycles. The van der Waals surface area contributed by atoms with Crippen molar-refractivity contribution < 1.29 is 88.0 Å². The van der Waals surface area contributed by atoms with E-state index >= 15 is 0 Å². The standard InChI is InChI=1S/C62H97NO18S/c1-45(27-19-15-11-10-12-16-20-28-46(2)62(76)77)61(75)48(4)58(73)36-21-17-13-8-6-5-7-9-14-18-22-37-60(81-82(78,79)80)47(3)59(74)44-57(72)43-54(69)34-25-33-53(68)42-56(71)41-52(67)32-24-31-50(65)39-49(64)29-23-30-51(66)40-55(70)35-26-38-63/h5-10,12-14,16-25,27-29,32,34,36,45,47-58,60-61,64-73,75H,11,15,26,30-31,33,35,37-44,63H2,1-4H3,(H,76,77)(H,78,79,80)/b7-5+,8-6+,12-10+,14-9+,17-13+,20-16+,22-18+,27-19+,29-23+,32-24+,34-25+,36-21+,46-28+. The second kappa shape index (κ2) is 46.5. The molecule has 0 heterocycles. The zero-order chi connectivity index (χ0) is 61.9. The van der Waals surface area contributed by atoms with Crippen LogP contribution >= 0.6 is 0 Å². The summed E-state index contributed by atoms with van der Waals surface area (Å²) in [7, 11) is -4.95. The number of aliphatic hydroxyl groups is 11. The number of unbranched alkanes of at least 4 members (excludes halogenated alkanes) is 1. The van der Waals surface area contributed by atoms with Crippen LogP contribution in [-0.2, 0) is 24.2 Å². The number of allylic oxidation sites excluding steroid dienone is 16. The molecule has 0 fully saturated rings. The molecule has 0 aromatic carbocycles. The number of carbonyl (C=O) groups excluding carboxylic acids is 1. The van der Waals surface area contributed by atoms with Crippen molar-refractivity contribution in [3.8, 4) is 0 Å². The molecule has 15 N–H and O–H groups in total. The van der Waals surface area contributed by atoms with Gasteiger partial charge in [0.15, 0.2) is 0 Å². The molecule has 0 aliphatic rings. The highest BCUT2D eigenvalue weighted by Crippen LogP contribution is 2.21. The van der Waals surface area contributed by atoms with Crippen LogP contribution in [0.4, 0.5) is 0 Å². The summed E-state index contributed by atoms with van der Waals surface area (Å²) in [6, 6.07) is 0. The van der Waals surface area contributed by atoms with Crippen LogP contribution in [0.3, 0.4) is 0 Å². The first-order chi connectivity index (χ1) is 38.8. The zero-order valence-corrected chi connectivity index (χ0v) is 48.9. The van der Waals surface area contributed by atoms with Gasteiger partial charge in [-0.2, -0.15) is 8.42 Å². The molecule has 0 spiro atoms. The fourth-order valence-electron chi connectivity index (χ4n) is 7.89. The number of aliphatic hydroxyl groups excluding tert-OH is 11. The Hall–Kier alpha value is -4.85. The van der Waals surface area contributed by atoms with Gasteiger partial charge in [0, 0.05) is 49.0 Å². The van der Waals surface area contributed by atoms with Gasteiger partial charge in [-0.1, -0.05) is 173 Å². The van der Waals surface area contributed by atoms with Crippen LogP contribution in [0.15, 0.2) is 157 Å². The zero-order valence-electron chi connectivity index (χ0n) is 48.0. The predicted octanol–water partition coefficient (Wildman–Crippen LogP) is 5.75. The van der Waals surface area contributed by atoms with E-state index in [0.717, 1.165) is 12.8 Å². The Kier molecular flexibility index (Phi) is 43.8. The number of carbonyl (C=O) groups is 2. The normalized spacial score (nSPS) is 19.3. The van der Waals surface area contributed by atoms with Gasteiger partial charge < -0.3 is 67.0 Å². The minimum absolute atomic E-state index is 0.000834. The molecule has 15 atom stereocenters. The SMILES string of the molecule is C\C(=C/C=C/C=C/CC/C=C/C(C)C(O)C(C)C(O)/C=C/C=C/C=C/C=C/C=C/C=C/CC(OS(=O)(=O)O)C(C)C(=O)CC(O)CC(O)/C=C/CC(O)CC(O)CC(O)/C=C/CC(O)CC(O)/C=C/CC(O)CC(O)CCCN)C(=O)O. The minimum atomic E-state index is -4.95. The molecule has 0 saturated carbocycles. The molecule has 0 radical (unpaired) electrons. The second-order valence-electron chi connectivity index (χ2n) is 20.5. The van der Waals surface area contributed by atoms with E-state index in [-0.39, 0.29) is 69.3 Å². The Balaban J connectivity index is 4.81. The number of aliphatic carboxylic acids is 1. The van der Waals surface area contributed by atoms with Gasteiger partial charge in [0.2, 0.25) is 0 Å². The first kappa shape index (κ1) is 77.2. The summed E-state index contributed by atoms with van der Waals surface area (Å²) >= 11 is 0. The van der Waals surface area contributed by atoms with E-state index in [9.17, 15) is 78.7 Å². The molecule has 464 valence electrons. The highest BCUT2D eigenvalue weighted by Gasteiger charge is 2.30. The lowest BCUT2D eigenvalue weighted by Crippen LogP contribution is -2.32. The van der Waals surface area contributed by atoms with E-state index in [1.54, 1.807) is 92.0 Å². The lowest BCUT2D eigenvalue weighted by Gasteiger charge is -2.25. The largest absolute Gasteiger partial charge is 0.478 e. The van der Waals surface area contributed by atoms with E-state index in [2.05, 4.69) is 0 Å². The molecule has 0 bridgehead atoms. The van der Waals surface area contributed by atoms with Gasteiger partial charge in [0.1, 0.15) is 5.78 Å². The number of hydrogen-bond donors (Lipinski definition) is 14. The molecule has 0 rings (SSSR count). The first-order valence-corrected chi connectivity index (χ1v) is 29.4. The Morgan fingerprint density at radius 3 is 1.49 bits per heavy atom. The third-order valence-electron chi connectivity index (χ3n) is 12.8.